The van der Waals surface area contributed by atoms with Gasteiger partial charge in [0.25, 0.3) is 0 Å². The molecular formula is C34H39NO4. The zero-order valence-electron chi connectivity index (χ0n) is 23.8. The second kappa shape index (κ2) is 11.3. The van der Waals surface area contributed by atoms with Gasteiger partial charge < -0.3 is 18.8 Å². The molecule has 1 aromatic heterocycles. The number of aromatic nitrogens is 1. The van der Waals surface area contributed by atoms with Gasteiger partial charge in [0.2, 0.25) is 0 Å². The molecule has 5 heteroatoms. The topological polar surface area (TPSA) is 49.7 Å². The van der Waals surface area contributed by atoms with Crippen LogP contribution in [-0.4, -0.2) is 30.9 Å². The summed E-state index contributed by atoms with van der Waals surface area (Å²) in [6, 6.07) is 23.0. The van der Waals surface area contributed by atoms with Gasteiger partial charge in [-0.1, -0.05) is 63.2 Å². The summed E-state index contributed by atoms with van der Waals surface area (Å²) in [5.41, 5.74) is 6.88. The Kier molecular flexibility index (Phi) is 7.81. The van der Waals surface area contributed by atoms with Gasteiger partial charge in [-0.05, 0) is 77.6 Å². The van der Waals surface area contributed by atoms with Crippen molar-refractivity contribution in [3.05, 3.63) is 89.1 Å². The van der Waals surface area contributed by atoms with Crippen LogP contribution >= 0.6 is 0 Å². The Morgan fingerprint density at radius 2 is 1.74 bits per heavy atom. The van der Waals surface area contributed by atoms with E-state index in [1.54, 1.807) is 7.11 Å². The number of ether oxygens (including phenoxy) is 3. The maximum atomic E-state index is 13.6. The molecule has 5 nitrogen and oxygen atoms in total. The average molecular weight is 526 g/mol. The molecule has 0 atom stereocenters. The van der Waals surface area contributed by atoms with E-state index in [-0.39, 0.29) is 11.4 Å². The van der Waals surface area contributed by atoms with Crippen LogP contribution < -0.4 is 4.74 Å². The van der Waals surface area contributed by atoms with Gasteiger partial charge in [-0.25, -0.2) is 4.79 Å². The number of carbonyl (C=O) groups is 1. The first-order valence-corrected chi connectivity index (χ1v) is 13.9. The zero-order valence-corrected chi connectivity index (χ0v) is 23.8. The van der Waals surface area contributed by atoms with Crippen molar-refractivity contribution in [2.45, 2.75) is 59.1 Å². The van der Waals surface area contributed by atoms with Crippen LogP contribution in [0.5, 0.6) is 5.75 Å². The minimum atomic E-state index is -0.321. The van der Waals surface area contributed by atoms with Gasteiger partial charge >= 0.3 is 5.97 Å². The summed E-state index contributed by atoms with van der Waals surface area (Å²) < 4.78 is 19.2. The van der Waals surface area contributed by atoms with Gasteiger partial charge in [-0.3, -0.25) is 0 Å². The standard InChI is InChI=1S/C34H39NO4/c1-6-39-33(36)32-31(26-13-15-27(16-14-26)34(2,3)4)29-19-25(22-38-21-23-10-11-23)12-17-30(29)35(32)20-24-8-7-9-28(18-24)37-5/h7-9,12-19,23H,6,10-11,20-22H2,1-5H3. The van der Waals surface area contributed by atoms with E-state index in [0.29, 0.717) is 31.4 Å². The van der Waals surface area contributed by atoms with Crippen molar-refractivity contribution in [1.29, 1.82) is 0 Å². The first-order chi connectivity index (χ1) is 18.8. The molecule has 0 spiro atoms. The molecule has 0 unspecified atom stereocenters. The molecule has 1 fully saturated rings. The summed E-state index contributed by atoms with van der Waals surface area (Å²) in [6.07, 6.45) is 2.54. The number of nitrogens with zero attached hydrogens (tertiary/aromatic N) is 1. The number of hydrogen-bond acceptors (Lipinski definition) is 4. The molecule has 1 heterocycles. The van der Waals surface area contributed by atoms with Gasteiger partial charge in [0, 0.05) is 29.6 Å². The third kappa shape index (κ3) is 6.04. The number of fused-ring (bicyclic) bond motifs is 1. The first-order valence-electron chi connectivity index (χ1n) is 13.9. The Hall–Kier alpha value is -3.57. The Balaban J connectivity index is 1.67. The average Bonchev–Trinajstić information content (AvgIpc) is 3.69. The third-order valence-corrected chi connectivity index (χ3v) is 7.43. The van der Waals surface area contributed by atoms with E-state index in [9.17, 15) is 4.79 Å². The number of carbonyl (C=O) groups excluding carboxylic acids is 1. The lowest BCUT2D eigenvalue weighted by molar-refractivity contribution is 0.0516. The van der Waals surface area contributed by atoms with Gasteiger partial charge in [-0.2, -0.15) is 0 Å². The van der Waals surface area contributed by atoms with E-state index in [2.05, 4.69) is 73.9 Å². The molecule has 1 aliphatic rings. The normalized spacial score (nSPS) is 13.6. The van der Waals surface area contributed by atoms with Gasteiger partial charge in [0.05, 0.1) is 20.3 Å². The van der Waals surface area contributed by atoms with Gasteiger partial charge in [0.1, 0.15) is 11.4 Å². The lowest BCUT2D eigenvalue weighted by Gasteiger charge is -2.19. The van der Waals surface area contributed by atoms with Crippen LogP contribution in [0.4, 0.5) is 0 Å². The molecule has 0 amide bonds. The van der Waals surface area contributed by atoms with Crippen LogP contribution in [-0.2, 0) is 28.0 Å². The molecule has 0 radical (unpaired) electrons. The van der Waals surface area contributed by atoms with Gasteiger partial charge in [-0.15, -0.1) is 0 Å². The molecule has 0 saturated heterocycles. The van der Waals surface area contributed by atoms with E-state index < -0.39 is 0 Å². The zero-order chi connectivity index (χ0) is 27.6. The highest BCUT2D eigenvalue weighted by atomic mass is 16.5. The fourth-order valence-electron chi connectivity index (χ4n) is 5.08. The van der Waals surface area contributed by atoms with Crippen molar-refractivity contribution in [2.24, 2.45) is 5.92 Å². The number of hydrogen-bond donors (Lipinski definition) is 0. The summed E-state index contributed by atoms with van der Waals surface area (Å²) in [5.74, 6) is 1.18. The highest BCUT2D eigenvalue weighted by Crippen LogP contribution is 2.38. The first kappa shape index (κ1) is 27.0. The van der Waals surface area contributed by atoms with E-state index in [1.807, 2.05) is 25.1 Å². The third-order valence-electron chi connectivity index (χ3n) is 7.43. The number of esters is 1. The number of methoxy groups -OCH3 is 1. The minimum absolute atomic E-state index is 0.0366. The molecule has 3 aromatic carbocycles. The smallest absolute Gasteiger partial charge is 0.355 e. The molecule has 4 aromatic rings. The van der Waals surface area contributed by atoms with Crippen LogP contribution in [0.15, 0.2) is 66.7 Å². The fourth-order valence-corrected chi connectivity index (χ4v) is 5.08. The fraction of sp³-hybridized carbons (Fsp3) is 0.382. The van der Waals surface area contributed by atoms with Crippen LogP contribution in [0.2, 0.25) is 0 Å². The Labute approximate surface area is 231 Å². The highest BCUT2D eigenvalue weighted by Gasteiger charge is 2.26. The minimum Gasteiger partial charge on any atom is -0.497 e. The predicted octanol–water partition coefficient (Wildman–Crippen LogP) is 7.77. The maximum absolute atomic E-state index is 13.6. The van der Waals surface area contributed by atoms with Crippen molar-refractivity contribution in [2.75, 3.05) is 20.3 Å². The van der Waals surface area contributed by atoms with E-state index >= 15 is 0 Å². The Bertz CT molecular complexity index is 1460. The summed E-state index contributed by atoms with van der Waals surface area (Å²) in [4.78, 5) is 13.6. The van der Waals surface area contributed by atoms with Crippen LogP contribution in [0, 0.1) is 5.92 Å². The molecule has 39 heavy (non-hydrogen) atoms. The molecule has 204 valence electrons. The summed E-state index contributed by atoms with van der Waals surface area (Å²) in [5, 5.41) is 1.02. The number of rotatable bonds is 10. The quantitative estimate of drug-likeness (QED) is 0.199. The summed E-state index contributed by atoms with van der Waals surface area (Å²) in [6.45, 7) is 10.7. The molecular weight excluding hydrogens is 486 g/mol. The largest absolute Gasteiger partial charge is 0.497 e. The second-order valence-corrected chi connectivity index (χ2v) is 11.5. The van der Waals surface area contributed by atoms with E-state index in [4.69, 9.17) is 14.2 Å². The van der Waals surface area contributed by atoms with Crippen molar-refractivity contribution < 1.29 is 19.0 Å². The SMILES string of the molecule is CCOC(=O)c1c(-c2ccc(C(C)(C)C)cc2)c2cc(COCC3CC3)ccc2n1Cc1cccc(OC)c1. The monoisotopic (exact) mass is 525 g/mol. The molecule has 1 aliphatic carbocycles. The van der Waals surface area contributed by atoms with E-state index in [1.165, 1.54) is 18.4 Å². The van der Waals surface area contributed by atoms with Crippen molar-refractivity contribution in [3.8, 4) is 16.9 Å². The van der Waals surface area contributed by atoms with Crippen LogP contribution in [0.25, 0.3) is 22.0 Å². The number of benzene rings is 3. The summed E-state index contributed by atoms with van der Waals surface area (Å²) in [7, 11) is 1.67. The molecule has 0 aliphatic heterocycles. The van der Waals surface area contributed by atoms with Crippen molar-refractivity contribution >= 4 is 16.9 Å². The van der Waals surface area contributed by atoms with Crippen LogP contribution in [0.1, 0.15) is 67.7 Å². The highest BCUT2D eigenvalue weighted by molar-refractivity contribution is 6.09. The maximum Gasteiger partial charge on any atom is 0.355 e. The predicted molar refractivity (Wildman–Crippen MR) is 157 cm³/mol. The van der Waals surface area contributed by atoms with Gasteiger partial charge in [0.15, 0.2) is 0 Å². The molecule has 5 rings (SSSR count). The summed E-state index contributed by atoms with van der Waals surface area (Å²) >= 11 is 0. The van der Waals surface area contributed by atoms with Crippen molar-refractivity contribution in [1.82, 2.24) is 4.57 Å². The second-order valence-electron chi connectivity index (χ2n) is 11.5. The lowest BCUT2D eigenvalue weighted by atomic mass is 9.86. The lowest BCUT2D eigenvalue weighted by Crippen LogP contribution is -2.14. The van der Waals surface area contributed by atoms with E-state index in [0.717, 1.165) is 45.5 Å². The molecule has 1 saturated carbocycles. The van der Waals surface area contributed by atoms with Crippen molar-refractivity contribution in [3.63, 3.8) is 0 Å². The molecule has 0 N–H and O–H groups in total. The Morgan fingerprint density at radius 1 is 0.974 bits per heavy atom. The van der Waals surface area contributed by atoms with Crippen LogP contribution in [0.3, 0.4) is 0 Å². The molecule has 0 bridgehead atoms. The Morgan fingerprint density at radius 3 is 2.41 bits per heavy atom.